The van der Waals surface area contributed by atoms with Crippen LogP contribution in [0.1, 0.15) is 16.1 Å². The SMILES string of the molecule is O=C(NN1C(=O)/C(=C/C=C/c2ccc([N+](=O)[O-])o2)SC1=S)c1cccc(O)c1. The van der Waals surface area contributed by atoms with E-state index in [2.05, 4.69) is 5.43 Å². The molecule has 11 heteroatoms. The molecule has 0 spiro atoms. The van der Waals surface area contributed by atoms with E-state index < -0.39 is 16.7 Å². The first-order chi connectivity index (χ1) is 13.3. The van der Waals surface area contributed by atoms with Crippen molar-refractivity contribution in [2.75, 3.05) is 0 Å². The predicted molar refractivity (Wildman–Crippen MR) is 105 cm³/mol. The highest BCUT2D eigenvalue weighted by atomic mass is 32.2. The molecule has 2 amide bonds. The number of rotatable bonds is 5. The summed E-state index contributed by atoms with van der Waals surface area (Å²) in [5.41, 5.74) is 2.55. The highest BCUT2D eigenvalue weighted by Gasteiger charge is 2.33. The van der Waals surface area contributed by atoms with E-state index in [1.807, 2.05) is 0 Å². The number of hydrazine groups is 1. The lowest BCUT2D eigenvalue weighted by Crippen LogP contribution is -2.44. The number of phenols is 1. The number of carbonyl (C=O) groups is 2. The fourth-order valence-electron chi connectivity index (χ4n) is 2.15. The number of benzene rings is 1. The molecule has 1 aliphatic rings. The number of carbonyl (C=O) groups excluding carboxylic acids is 2. The van der Waals surface area contributed by atoms with Crippen molar-refractivity contribution in [1.29, 1.82) is 0 Å². The molecule has 1 aromatic carbocycles. The van der Waals surface area contributed by atoms with Gasteiger partial charge in [-0.05, 0) is 48.6 Å². The van der Waals surface area contributed by atoms with Gasteiger partial charge in [-0.3, -0.25) is 25.1 Å². The van der Waals surface area contributed by atoms with Crippen molar-refractivity contribution >= 4 is 52.1 Å². The first-order valence-electron chi connectivity index (χ1n) is 7.64. The number of nitrogens with one attached hydrogen (secondary N) is 1. The molecule has 2 heterocycles. The van der Waals surface area contributed by atoms with Crippen molar-refractivity contribution in [3.63, 3.8) is 0 Å². The molecular weight excluding hydrogens is 406 g/mol. The fraction of sp³-hybridized carbons (Fsp3) is 0. The Balaban J connectivity index is 1.68. The lowest BCUT2D eigenvalue weighted by atomic mass is 10.2. The maximum atomic E-state index is 12.4. The summed E-state index contributed by atoms with van der Waals surface area (Å²) in [5.74, 6) is -1.36. The van der Waals surface area contributed by atoms with Gasteiger partial charge in [-0.1, -0.05) is 23.9 Å². The quantitative estimate of drug-likeness (QED) is 0.329. The van der Waals surface area contributed by atoms with Gasteiger partial charge in [-0.2, -0.15) is 5.01 Å². The van der Waals surface area contributed by atoms with Gasteiger partial charge in [0.2, 0.25) is 0 Å². The van der Waals surface area contributed by atoms with Crippen LogP contribution in [0, 0.1) is 10.1 Å². The van der Waals surface area contributed by atoms with E-state index in [1.54, 1.807) is 0 Å². The van der Waals surface area contributed by atoms with Crippen LogP contribution in [-0.2, 0) is 4.79 Å². The molecule has 2 N–H and O–H groups in total. The van der Waals surface area contributed by atoms with Crippen molar-refractivity contribution < 1.29 is 24.0 Å². The minimum atomic E-state index is -0.655. The summed E-state index contributed by atoms with van der Waals surface area (Å²) in [5, 5.41) is 21.0. The Morgan fingerprint density at radius 1 is 1.36 bits per heavy atom. The van der Waals surface area contributed by atoms with Gasteiger partial charge in [0.05, 0.1) is 11.0 Å². The lowest BCUT2D eigenvalue weighted by Gasteiger charge is -2.15. The molecule has 3 rings (SSSR count). The first-order valence-corrected chi connectivity index (χ1v) is 8.86. The Labute approximate surface area is 167 Å². The third-order valence-corrected chi connectivity index (χ3v) is 4.74. The molecule has 9 nitrogen and oxygen atoms in total. The van der Waals surface area contributed by atoms with Crippen molar-refractivity contribution in [2.24, 2.45) is 0 Å². The van der Waals surface area contributed by atoms with Crippen LogP contribution in [-0.4, -0.2) is 31.2 Å². The molecular formula is C17H11N3O6S2. The van der Waals surface area contributed by atoms with E-state index in [-0.39, 0.29) is 32.2 Å². The normalized spacial score (nSPS) is 15.6. The second kappa shape index (κ2) is 8.06. The number of amides is 2. The Kier molecular flexibility index (Phi) is 5.57. The maximum absolute atomic E-state index is 12.4. The zero-order valence-electron chi connectivity index (χ0n) is 13.9. The van der Waals surface area contributed by atoms with Gasteiger partial charge in [0.1, 0.15) is 16.4 Å². The van der Waals surface area contributed by atoms with E-state index in [0.29, 0.717) is 0 Å². The monoisotopic (exact) mass is 417 g/mol. The Hall–Kier alpha value is -3.44. The summed E-state index contributed by atoms with van der Waals surface area (Å²) < 4.78 is 5.10. The van der Waals surface area contributed by atoms with Crippen molar-refractivity contribution in [1.82, 2.24) is 10.4 Å². The van der Waals surface area contributed by atoms with Crippen molar-refractivity contribution in [2.45, 2.75) is 0 Å². The third kappa shape index (κ3) is 4.27. The number of hydrogen-bond donors (Lipinski definition) is 2. The van der Waals surface area contributed by atoms with Crippen LogP contribution in [0.3, 0.4) is 0 Å². The van der Waals surface area contributed by atoms with Crippen LogP contribution in [0.2, 0.25) is 0 Å². The van der Waals surface area contributed by atoms with Crippen LogP contribution < -0.4 is 5.43 Å². The van der Waals surface area contributed by atoms with Crippen LogP contribution in [0.25, 0.3) is 6.08 Å². The van der Waals surface area contributed by atoms with Crippen molar-refractivity contribution in [3.8, 4) is 5.75 Å². The minimum Gasteiger partial charge on any atom is -0.508 e. The van der Waals surface area contributed by atoms with Crippen LogP contribution >= 0.6 is 24.0 Å². The number of nitrogens with zero attached hydrogens (tertiary/aromatic N) is 2. The van der Waals surface area contributed by atoms with Gasteiger partial charge in [-0.15, -0.1) is 0 Å². The highest BCUT2D eigenvalue weighted by Crippen LogP contribution is 2.30. The molecule has 28 heavy (non-hydrogen) atoms. The molecule has 0 bridgehead atoms. The molecule has 1 saturated heterocycles. The molecule has 142 valence electrons. The summed E-state index contributed by atoms with van der Waals surface area (Å²) >= 11 is 6.09. The van der Waals surface area contributed by atoms with Gasteiger partial charge < -0.3 is 9.52 Å². The highest BCUT2D eigenvalue weighted by molar-refractivity contribution is 8.26. The number of aromatic hydroxyl groups is 1. The van der Waals surface area contributed by atoms with Gasteiger partial charge in [0, 0.05) is 5.56 Å². The average molecular weight is 417 g/mol. The predicted octanol–water partition coefficient (Wildman–Crippen LogP) is 3.00. The number of thioether (sulfide) groups is 1. The molecule has 0 unspecified atom stereocenters. The summed E-state index contributed by atoms with van der Waals surface area (Å²) in [6, 6.07) is 8.29. The summed E-state index contributed by atoms with van der Waals surface area (Å²) in [6.07, 6.45) is 4.38. The van der Waals surface area contributed by atoms with Crippen molar-refractivity contribution in [3.05, 3.63) is 74.9 Å². The van der Waals surface area contributed by atoms with E-state index in [4.69, 9.17) is 16.6 Å². The molecule has 1 aliphatic heterocycles. The van der Waals surface area contributed by atoms with Gasteiger partial charge in [-0.25, -0.2) is 0 Å². The zero-order valence-corrected chi connectivity index (χ0v) is 15.5. The number of hydrogen-bond acceptors (Lipinski definition) is 8. The average Bonchev–Trinajstić information content (AvgIpc) is 3.22. The molecule has 0 atom stereocenters. The number of thiocarbonyl (C=S) groups is 1. The maximum Gasteiger partial charge on any atom is 0.433 e. The Morgan fingerprint density at radius 3 is 2.82 bits per heavy atom. The number of furan rings is 1. The first kappa shape index (κ1) is 19.3. The zero-order chi connectivity index (χ0) is 20.3. The fourth-order valence-corrected chi connectivity index (χ4v) is 3.28. The second-order valence-electron chi connectivity index (χ2n) is 5.32. The molecule has 0 aliphatic carbocycles. The summed E-state index contributed by atoms with van der Waals surface area (Å²) in [7, 11) is 0. The summed E-state index contributed by atoms with van der Waals surface area (Å²) in [6.45, 7) is 0. The number of nitro groups is 1. The molecule has 0 saturated carbocycles. The molecule has 1 fully saturated rings. The van der Waals surface area contributed by atoms with Gasteiger partial charge in [0.15, 0.2) is 4.32 Å². The largest absolute Gasteiger partial charge is 0.508 e. The standard InChI is InChI=1S/C17H11N3O6S2/c21-11-4-1-3-10(9-11)15(22)18-19-16(23)13(28-17(19)27)6-2-5-12-7-8-14(26-12)20(24)25/h1-9,21H,(H,18,22)/b5-2+,13-6-. The van der Waals surface area contributed by atoms with E-state index in [9.17, 15) is 24.8 Å². The number of phenolic OH excluding ortho intramolecular Hbond substituents is 1. The van der Waals surface area contributed by atoms with E-state index in [0.717, 1.165) is 16.8 Å². The topological polar surface area (TPSA) is 126 Å². The lowest BCUT2D eigenvalue weighted by molar-refractivity contribution is -0.402. The van der Waals surface area contributed by atoms with E-state index >= 15 is 0 Å². The Bertz CT molecular complexity index is 1040. The third-order valence-electron chi connectivity index (χ3n) is 3.42. The van der Waals surface area contributed by atoms with Crippen LogP contribution in [0.5, 0.6) is 5.75 Å². The van der Waals surface area contributed by atoms with Gasteiger partial charge >= 0.3 is 5.88 Å². The molecule has 0 radical (unpaired) electrons. The van der Waals surface area contributed by atoms with Crippen LogP contribution in [0.15, 0.2) is 57.9 Å². The smallest absolute Gasteiger partial charge is 0.433 e. The summed E-state index contributed by atoms with van der Waals surface area (Å²) in [4.78, 5) is 34.8. The molecule has 1 aromatic heterocycles. The van der Waals surface area contributed by atoms with E-state index in [1.165, 1.54) is 54.6 Å². The molecule has 2 aromatic rings. The van der Waals surface area contributed by atoms with Gasteiger partial charge in [0.25, 0.3) is 11.8 Å². The number of allylic oxidation sites excluding steroid dienone is 2. The Morgan fingerprint density at radius 2 is 2.14 bits per heavy atom. The second-order valence-corrected chi connectivity index (χ2v) is 7.00. The minimum absolute atomic E-state index is 0.0822. The van der Waals surface area contributed by atoms with Crippen LogP contribution in [0.4, 0.5) is 5.88 Å².